The molecule has 0 heterocycles. The third-order valence-corrected chi connectivity index (χ3v) is 6.43. The molecule has 0 spiro atoms. The van der Waals surface area contributed by atoms with Gasteiger partial charge in [-0.3, -0.25) is 4.79 Å². The number of halogens is 2. The first-order valence-corrected chi connectivity index (χ1v) is 13.4. The van der Waals surface area contributed by atoms with E-state index in [4.69, 9.17) is 9.47 Å². The predicted octanol–water partition coefficient (Wildman–Crippen LogP) is 6.68. The highest BCUT2D eigenvalue weighted by Crippen LogP contribution is 2.28. The lowest BCUT2D eigenvalue weighted by Gasteiger charge is -2.30. The van der Waals surface area contributed by atoms with Gasteiger partial charge in [-0.2, -0.15) is 0 Å². The molecule has 2 atom stereocenters. The monoisotopic (exact) mass is 581 g/mol. The van der Waals surface area contributed by atoms with Gasteiger partial charge in [0.05, 0.1) is 30.1 Å². The first-order valence-electron chi connectivity index (χ1n) is 13.4. The summed E-state index contributed by atoms with van der Waals surface area (Å²) < 4.78 is 38.4. The molecule has 0 aliphatic carbocycles. The molecule has 42 heavy (non-hydrogen) atoms. The normalized spacial score (nSPS) is 12.7. The number of methoxy groups -OCH3 is 1. The molecule has 3 rings (SSSR count). The van der Waals surface area contributed by atoms with Crippen molar-refractivity contribution in [2.24, 2.45) is 0 Å². The fourth-order valence-electron chi connectivity index (χ4n) is 4.68. The van der Waals surface area contributed by atoms with Gasteiger partial charge < -0.3 is 25.4 Å². The summed E-state index contributed by atoms with van der Waals surface area (Å²) >= 11 is 0. The van der Waals surface area contributed by atoms with Crippen LogP contribution in [0.2, 0.25) is 0 Å². The number of hydrogen-bond acceptors (Lipinski definition) is 5. The van der Waals surface area contributed by atoms with E-state index in [0.717, 1.165) is 28.8 Å². The highest BCUT2D eigenvalue weighted by Gasteiger charge is 2.32. The zero-order chi connectivity index (χ0) is 31.4. The van der Waals surface area contributed by atoms with Crippen molar-refractivity contribution in [3.63, 3.8) is 0 Å². The van der Waals surface area contributed by atoms with Crippen molar-refractivity contribution < 1.29 is 32.6 Å². The van der Waals surface area contributed by atoms with E-state index in [1.807, 2.05) is 53.7 Å². The number of urea groups is 1. The summed E-state index contributed by atoms with van der Waals surface area (Å²) in [6.45, 7) is 12.8. The van der Waals surface area contributed by atoms with Gasteiger partial charge in [-0.05, 0) is 95.0 Å². The lowest BCUT2D eigenvalue weighted by molar-refractivity contribution is -0.150. The minimum absolute atomic E-state index is 0.0192. The second kappa shape index (κ2) is 13.1. The number of esters is 1. The number of anilines is 2. The van der Waals surface area contributed by atoms with Crippen molar-refractivity contribution in [1.82, 2.24) is 5.32 Å². The second-order valence-corrected chi connectivity index (χ2v) is 11.2. The molecule has 0 bridgehead atoms. The van der Waals surface area contributed by atoms with E-state index in [1.54, 1.807) is 6.92 Å². The van der Waals surface area contributed by atoms with Crippen LogP contribution in [0.3, 0.4) is 0 Å². The summed E-state index contributed by atoms with van der Waals surface area (Å²) in [4.78, 5) is 39.3. The molecule has 0 saturated carbocycles. The van der Waals surface area contributed by atoms with E-state index < -0.39 is 47.3 Å². The molecular weight excluding hydrogens is 544 g/mol. The molecule has 0 aliphatic heterocycles. The number of hydrogen-bond donors (Lipinski definition) is 3. The van der Waals surface area contributed by atoms with Gasteiger partial charge in [0.15, 0.2) is 17.7 Å². The average Bonchev–Trinajstić information content (AvgIpc) is 2.89. The molecule has 3 amide bonds. The lowest BCUT2D eigenvalue weighted by atomic mass is 10.0. The number of carbonyl (C=O) groups excluding carboxylic acids is 3. The van der Waals surface area contributed by atoms with Gasteiger partial charge >= 0.3 is 12.0 Å². The van der Waals surface area contributed by atoms with Gasteiger partial charge in [0.1, 0.15) is 0 Å². The van der Waals surface area contributed by atoms with Crippen molar-refractivity contribution >= 4 is 29.3 Å². The fourth-order valence-corrected chi connectivity index (χ4v) is 4.68. The average molecular weight is 582 g/mol. The second-order valence-electron chi connectivity index (χ2n) is 11.2. The Morgan fingerprint density at radius 2 is 1.43 bits per heavy atom. The van der Waals surface area contributed by atoms with Crippen LogP contribution in [0.4, 0.5) is 25.0 Å². The molecule has 3 aromatic rings. The molecular formula is C32H37F2N3O5. The predicted molar refractivity (Wildman–Crippen MR) is 159 cm³/mol. The number of carbonyl (C=O) groups is 3. The van der Waals surface area contributed by atoms with E-state index in [9.17, 15) is 23.2 Å². The Balaban J connectivity index is 2.00. The van der Waals surface area contributed by atoms with Crippen LogP contribution in [-0.4, -0.2) is 42.8 Å². The van der Waals surface area contributed by atoms with Crippen LogP contribution < -0.4 is 16.0 Å². The van der Waals surface area contributed by atoms with Crippen LogP contribution in [0.1, 0.15) is 54.7 Å². The van der Waals surface area contributed by atoms with Gasteiger partial charge in [0.2, 0.25) is 0 Å². The zero-order valence-electron chi connectivity index (χ0n) is 25.1. The molecule has 0 saturated heterocycles. The molecule has 3 aromatic carbocycles. The summed E-state index contributed by atoms with van der Waals surface area (Å²) in [7, 11) is 1.20. The lowest BCUT2D eigenvalue weighted by Crippen LogP contribution is -2.51. The minimum atomic E-state index is -1.16. The standard InChI is InChI=1S/C32H37F2N3O5/c1-17-13-18(2)27(19(3)14-17)37-31(40)35-26-16-22(21-10-12-24(33)25(34)15-21)9-11-23(26)29(38)36-28(30(39)41-8)20(4)42-32(5,6)7/h9-16,20,28H,1-8H3,(H,36,38)(H2,35,37,40)/t20?,28-/m0/s1. The summed E-state index contributed by atoms with van der Waals surface area (Å²) in [5.74, 6) is -3.45. The maximum atomic E-state index is 14.0. The number of ether oxygens (including phenoxy) is 2. The molecule has 0 aromatic heterocycles. The fraction of sp³-hybridized carbons (Fsp3) is 0.344. The van der Waals surface area contributed by atoms with Crippen LogP contribution >= 0.6 is 0 Å². The molecule has 10 heteroatoms. The molecule has 224 valence electrons. The Morgan fingerprint density at radius 1 is 0.833 bits per heavy atom. The van der Waals surface area contributed by atoms with Crippen LogP contribution in [0.5, 0.6) is 0 Å². The highest BCUT2D eigenvalue weighted by molar-refractivity contribution is 6.08. The number of aryl methyl sites for hydroxylation is 3. The van der Waals surface area contributed by atoms with Crippen molar-refractivity contribution in [1.29, 1.82) is 0 Å². The molecule has 8 nitrogen and oxygen atoms in total. The SMILES string of the molecule is COC(=O)[C@@H](NC(=O)c1ccc(-c2ccc(F)c(F)c2)cc1NC(=O)Nc1c(C)cc(C)cc1C)C(C)OC(C)(C)C. The quantitative estimate of drug-likeness (QED) is 0.258. The highest BCUT2D eigenvalue weighted by atomic mass is 19.2. The smallest absolute Gasteiger partial charge is 0.331 e. The Kier molecular flexibility index (Phi) is 10.1. The van der Waals surface area contributed by atoms with E-state index in [0.29, 0.717) is 16.8 Å². The Hall–Kier alpha value is -4.31. The minimum Gasteiger partial charge on any atom is -0.467 e. The number of rotatable bonds is 8. The van der Waals surface area contributed by atoms with E-state index in [1.165, 1.54) is 31.4 Å². The van der Waals surface area contributed by atoms with Gasteiger partial charge in [0.25, 0.3) is 5.91 Å². The van der Waals surface area contributed by atoms with E-state index in [2.05, 4.69) is 16.0 Å². The maximum absolute atomic E-state index is 14.0. The van der Waals surface area contributed by atoms with Gasteiger partial charge in [-0.1, -0.05) is 29.8 Å². The Morgan fingerprint density at radius 3 is 2.00 bits per heavy atom. The number of nitrogens with one attached hydrogen (secondary N) is 3. The molecule has 0 radical (unpaired) electrons. The third kappa shape index (κ3) is 8.13. The van der Waals surface area contributed by atoms with Crippen LogP contribution in [0.25, 0.3) is 11.1 Å². The third-order valence-electron chi connectivity index (χ3n) is 6.43. The zero-order valence-corrected chi connectivity index (χ0v) is 25.1. The van der Waals surface area contributed by atoms with Crippen molar-refractivity contribution in [3.05, 3.63) is 82.4 Å². The van der Waals surface area contributed by atoms with Crippen LogP contribution in [-0.2, 0) is 14.3 Å². The van der Waals surface area contributed by atoms with Crippen LogP contribution in [0.15, 0.2) is 48.5 Å². The van der Waals surface area contributed by atoms with Crippen molar-refractivity contribution in [2.75, 3.05) is 17.7 Å². The largest absolute Gasteiger partial charge is 0.467 e. The molecule has 1 unspecified atom stereocenters. The van der Waals surface area contributed by atoms with Gasteiger partial charge in [-0.15, -0.1) is 0 Å². The summed E-state index contributed by atoms with van der Waals surface area (Å²) in [6, 6.07) is 9.89. The Bertz CT molecular complexity index is 1480. The summed E-state index contributed by atoms with van der Waals surface area (Å²) in [5.41, 5.74) is 3.58. The van der Waals surface area contributed by atoms with E-state index >= 15 is 0 Å². The number of amides is 3. The van der Waals surface area contributed by atoms with Crippen molar-refractivity contribution in [2.45, 2.75) is 66.2 Å². The summed E-state index contributed by atoms with van der Waals surface area (Å²) in [6.07, 6.45) is -0.755. The topological polar surface area (TPSA) is 106 Å². The van der Waals surface area contributed by atoms with Crippen molar-refractivity contribution in [3.8, 4) is 11.1 Å². The van der Waals surface area contributed by atoms with Gasteiger partial charge in [-0.25, -0.2) is 18.4 Å². The molecule has 0 aliphatic rings. The van der Waals surface area contributed by atoms with Gasteiger partial charge in [0, 0.05) is 5.69 Å². The maximum Gasteiger partial charge on any atom is 0.331 e. The number of benzene rings is 3. The van der Waals surface area contributed by atoms with E-state index in [-0.39, 0.29) is 11.3 Å². The molecule has 0 fully saturated rings. The van der Waals surface area contributed by atoms with Crippen LogP contribution in [0, 0.1) is 32.4 Å². The summed E-state index contributed by atoms with van der Waals surface area (Å²) in [5, 5.41) is 8.18. The first-order chi connectivity index (χ1) is 19.6. The molecule has 3 N–H and O–H groups in total. The Labute approximate surface area is 244 Å². The first kappa shape index (κ1) is 32.2.